The highest BCUT2D eigenvalue weighted by molar-refractivity contribution is 9.10. The van der Waals surface area contributed by atoms with Gasteiger partial charge in [0.15, 0.2) is 5.69 Å². The van der Waals surface area contributed by atoms with E-state index in [1.807, 2.05) is 0 Å². The number of nitrogens with two attached hydrogens (primary N) is 1. The van der Waals surface area contributed by atoms with Crippen LogP contribution in [-0.4, -0.2) is 33.0 Å². The van der Waals surface area contributed by atoms with Crippen molar-refractivity contribution in [3.63, 3.8) is 0 Å². The lowest BCUT2D eigenvalue weighted by atomic mass is 10.3. The van der Waals surface area contributed by atoms with Gasteiger partial charge >= 0.3 is 5.76 Å². The third kappa shape index (κ3) is 2.87. The Morgan fingerprint density at radius 1 is 1.43 bits per heavy atom. The molecule has 3 N–H and O–H groups in total. The van der Waals surface area contributed by atoms with Crippen LogP contribution in [0.25, 0.3) is 17.2 Å². The Labute approximate surface area is 142 Å². The number of anilines is 1. The number of halogens is 2. The molecule has 0 spiro atoms. The second-order valence-corrected chi connectivity index (χ2v) is 4.92. The Bertz CT molecular complexity index is 1050. The summed E-state index contributed by atoms with van der Waals surface area (Å²) in [7, 11) is 0. The molecule has 9 nitrogen and oxygen atoms in total. The average molecular weight is 389 g/mol. The molecule has 0 saturated carbocycles. The van der Waals surface area contributed by atoms with Crippen LogP contribution in [0.2, 0.25) is 0 Å². The number of nitrogens with zero attached hydrogens (tertiary/aromatic N) is 4. The van der Waals surface area contributed by atoms with Gasteiger partial charge in [-0.2, -0.15) is 0 Å². The zero-order chi connectivity index (χ0) is 20.0. The summed E-state index contributed by atoms with van der Waals surface area (Å²) in [5.41, 5.74) is 5.07. The highest BCUT2D eigenvalue weighted by Gasteiger charge is 2.22. The Balaban J connectivity index is 2.09. The van der Waals surface area contributed by atoms with E-state index in [-0.39, 0.29) is 27.5 Å². The van der Waals surface area contributed by atoms with E-state index in [0.717, 1.165) is 10.6 Å². The van der Waals surface area contributed by atoms with Gasteiger partial charge in [0.1, 0.15) is 5.82 Å². The Morgan fingerprint density at radius 3 is 3.00 bits per heavy atom. The van der Waals surface area contributed by atoms with Gasteiger partial charge < -0.3 is 11.1 Å². The van der Waals surface area contributed by atoms with Crippen molar-refractivity contribution in [1.29, 1.82) is 0 Å². The van der Waals surface area contributed by atoms with E-state index in [4.69, 9.17) is 11.2 Å². The van der Waals surface area contributed by atoms with Crippen molar-refractivity contribution >= 4 is 21.7 Å². The third-order valence-electron chi connectivity index (χ3n) is 2.72. The standard InChI is InChI=1S/C12H10BrFN6O3/c13-7-5-6(1-2-8(7)14)20-11(19-22-12(20)21)9-10(16-4-3-15)18-23-17-9/h1-2,5H,3-4,15H2,(H,16,18)/i3D2,4D2. The van der Waals surface area contributed by atoms with E-state index < -0.39 is 24.6 Å². The van der Waals surface area contributed by atoms with Crippen LogP contribution in [0.15, 0.2) is 36.6 Å². The molecule has 0 bridgehead atoms. The molecule has 0 aliphatic carbocycles. The number of aromatic nitrogens is 4. The molecule has 0 amide bonds. The monoisotopic (exact) mass is 388 g/mol. The van der Waals surface area contributed by atoms with Gasteiger partial charge in [-0.25, -0.2) is 18.4 Å². The predicted molar refractivity (Wildman–Crippen MR) is 80.6 cm³/mol. The van der Waals surface area contributed by atoms with Crippen LogP contribution in [0, 0.1) is 5.82 Å². The van der Waals surface area contributed by atoms with Gasteiger partial charge in [0, 0.05) is 15.7 Å². The highest BCUT2D eigenvalue weighted by atomic mass is 79.9. The zero-order valence-electron chi connectivity index (χ0n) is 15.1. The largest absolute Gasteiger partial charge is 0.446 e. The Hall–Kier alpha value is -2.53. The molecule has 2 heterocycles. The van der Waals surface area contributed by atoms with E-state index in [9.17, 15) is 9.18 Å². The van der Waals surface area contributed by atoms with Crippen LogP contribution < -0.4 is 16.8 Å². The Morgan fingerprint density at radius 2 is 2.26 bits per heavy atom. The fourth-order valence-corrected chi connectivity index (χ4v) is 2.13. The lowest BCUT2D eigenvalue weighted by molar-refractivity contribution is 0.309. The molecule has 0 unspecified atom stereocenters. The molecule has 3 aromatic rings. The lowest BCUT2D eigenvalue weighted by Crippen LogP contribution is -2.16. The minimum atomic E-state index is -2.78. The number of hydrogen-bond acceptors (Lipinski definition) is 8. The zero-order valence-corrected chi connectivity index (χ0v) is 12.7. The maximum atomic E-state index is 13.5. The smallest absolute Gasteiger partial charge is 0.364 e. The predicted octanol–water partition coefficient (Wildman–Crippen LogP) is 1.15. The van der Waals surface area contributed by atoms with E-state index >= 15 is 0 Å². The Kier molecular flexibility index (Phi) is 3.03. The molecular formula is C12H10BrFN6O3. The van der Waals surface area contributed by atoms with E-state index in [0.29, 0.717) is 0 Å². The molecule has 0 aliphatic heterocycles. The molecular weight excluding hydrogens is 375 g/mol. The number of hydrogen-bond donors (Lipinski definition) is 2. The SMILES string of the molecule is [2H]C([2H])(N)C([2H])([2H])Nc1nonc1-c1noc(=O)n1-c1ccc(F)c(Br)c1. The average Bonchev–Trinajstić information content (AvgIpc) is 3.15. The summed E-state index contributed by atoms with van der Waals surface area (Å²) in [6, 6.07) is 3.67. The van der Waals surface area contributed by atoms with Gasteiger partial charge in [-0.05, 0) is 44.4 Å². The fraction of sp³-hybridized carbons (Fsp3) is 0.167. The number of rotatable bonds is 5. The lowest BCUT2D eigenvalue weighted by Gasteiger charge is -2.05. The van der Waals surface area contributed by atoms with Crippen LogP contribution in [0.4, 0.5) is 10.2 Å². The van der Waals surface area contributed by atoms with Crippen LogP contribution >= 0.6 is 15.9 Å². The van der Waals surface area contributed by atoms with E-state index in [1.54, 1.807) is 0 Å². The van der Waals surface area contributed by atoms with Crippen molar-refractivity contribution in [3.05, 3.63) is 39.0 Å². The van der Waals surface area contributed by atoms with Gasteiger partial charge in [-0.15, -0.1) is 0 Å². The maximum absolute atomic E-state index is 13.5. The van der Waals surface area contributed by atoms with E-state index in [1.165, 1.54) is 12.1 Å². The van der Waals surface area contributed by atoms with Crippen molar-refractivity contribution < 1.29 is 19.0 Å². The fourth-order valence-electron chi connectivity index (χ4n) is 1.76. The molecule has 11 heteroatoms. The van der Waals surface area contributed by atoms with E-state index in [2.05, 4.69) is 45.9 Å². The molecule has 0 radical (unpaired) electrons. The second-order valence-electron chi connectivity index (χ2n) is 4.06. The van der Waals surface area contributed by atoms with Crippen molar-refractivity contribution in [1.82, 2.24) is 20.0 Å². The first-order valence-corrected chi connectivity index (χ1v) is 6.75. The van der Waals surface area contributed by atoms with Crippen molar-refractivity contribution in [3.8, 4) is 17.2 Å². The molecule has 23 heavy (non-hydrogen) atoms. The molecule has 0 atom stereocenters. The molecule has 120 valence electrons. The summed E-state index contributed by atoms with van der Waals surface area (Å²) in [5.74, 6) is -2.11. The van der Waals surface area contributed by atoms with Crippen molar-refractivity contribution in [2.45, 2.75) is 0 Å². The molecule has 2 aromatic heterocycles. The summed E-state index contributed by atoms with van der Waals surface area (Å²) >= 11 is 3.00. The summed E-state index contributed by atoms with van der Waals surface area (Å²) < 4.78 is 53.6. The molecule has 0 aliphatic rings. The summed E-state index contributed by atoms with van der Waals surface area (Å²) in [4.78, 5) is 12.1. The van der Waals surface area contributed by atoms with Crippen molar-refractivity contribution in [2.24, 2.45) is 5.73 Å². The van der Waals surface area contributed by atoms with Gasteiger partial charge in [-0.3, -0.25) is 4.52 Å². The van der Waals surface area contributed by atoms with Gasteiger partial charge in [0.25, 0.3) is 0 Å². The van der Waals surface area contributed by atoms with Gasteiger partial charge in [-0.1, -0.05) is 5.16 Å². The number of nitrogens with one attached hydrogen (secondary N) is 1. The normalized spacial score (nSPS) is 14.7. The minimum absolute atomic E-state index is 0.0725. The maximum Gasteiger partial charge on any atom is 0.446 e. The quantitative estimate of drug-likeness (QED) is 0.666. The van der Waals surface area contributed by atoms with Crippen LogP contribution in [0.3, 0.4) is 0 Å². The van der Waals surface area contributed by atoms with Crippen LogP contribution in [-0.2, 0) is 0 Å². The third-order valence-corrected chi connectivity index (χ3v) is 3.33. The topological polar surface area (TPSA) is 125 Å². The van der Waals surface area contributed by atoms with Crippen molar-refractivity contribution in [2.75, 3.05) is 18.3 Å². The highest BCUT2D eigenvalue weighted by Crippen LogP contribution is 2.25. The number of benzene rings is 1. The summed E-state index contributed by atoms with van der Waals surface area (Å²) in [6.45, 7) is -5.55. The van der Waals surface area contributed by atoms with Crippen LogP contribution in [0.5, 0.6) is 0 Å². The van der Waals surface area contributed by atoms with Gasteiger partial charge in [0.05, 0.1) is 12.9 Å². The molecule has 1 aromatic carbocycles. The first-order valence-electron chi connectivity index (χ1n) is 7.95. The molecule has 0 fully saturated rings. The first kappa shape index (κ1) is 11.1. The summed E-state index contributed by atoms with van der Waals surface area (Å²) in [6.07, 6.45) is 0. The van der Waals surface area contributed by atoms with Crippen LogP contribution in [0.1, 0.15) is 5.48 Å². The summed E-state index contributed by atoms with van der Waals surface area (Å²) in [5, 5.41) is 12.7. The molecule has 0 saturated heterocycles. The van der Waals surface area contributed by atoms with Gasteiger partial charge in [0.2, 0.25) is 11.6 Å². The minimum Gasteiger partial charge on any atom is -0.364 e. The second kappa shape index (κ2) is 6.30. The molecule has 3 rings (SSSR count). The first-order chi connectivity index (χ1) is 12.5.